The molecule has 0 spiro atoms. The second-order valence-corrected chi connectivity index (χ2v) is 9.13. The Kier molecular flexibility index (Phi) is 6.63. The van der Waals surface area contributed by atoms with E-state index in [2.05, 4.69) is 41.1 Å². The second kappa shape index (κ2) is 9.58. The fraction of sp³-hybridized carbons (Fsp3) is 0.333. The molecule has 1 N–H and O–H groups in total. The van der Waals surface area contributed by atoms with Crippen molar-refractivity contribution in [3.8, 4) is 0 Å². The zero-order chi connectivity index (χ0) is 21.8. The summed E-state index contributed by atoms with van der Waals surface area (Å²) < 4.78 is 2.22. The van der Waals surface area contributed by atoms with Crippen LogP contribution in [0.2, 0.25) is 0 Å². The number of hydrogen-bond acceptors (Lipinski definition) is 4. The second-order valence-electron chi connectivity index (χ2n) is 8.00. The van der Waals surface area contributed by atoms with Crippen molar-refractivity contribution in [3.63, 3.8) is 0 Å². The van der Waals surface area contributed by atoms with Gasteiger partial charge in [-0.2, -0.15) is 0 Å². The minimum absolute atomic E-state index is 0.00341. The topological polar surface area (TPSA) is 57.6 Å². The van der Waals surface area contributed by atoms with Crippen LogP contribution in [0.3, 0.4) is 0 Å². The number of fused-ring (bicyclic) bond motifs is 2. The molecule has 0 fully saturated rings. The number of rotatable bonds is 7. The summed E-state index contributed by atoms with van der Waals surface area (Å²) in [5, 5.41) is 4.03. The number of nitrogens with zero attached hydrogens (tertiary/aromatic N) is 3. The summed E-state index contributed by atoms with van der Waals surface area (Å²) in [6, 6.07) is 16.0. The number of anilines is 2. The fourth-order valence-electron chi connectivity index (χ4n) is 3.79. The molecule has 162 valence electrons. The monoisotopic (exact) mass is 436 g/mol. The molecule has 3 aromatic rings. The van der Waals surface area contributed by atoms with Gasteiger partial charge in [0, 0.05) is 65.9 Å². The van der Waals surface area contributed by atoms with Crippen molar-refractivity contribution in [2.24, 2.45) is 0 Å². The molecule has 0 atom stereocenters. The maximum atomic E-state index is 12.7. The van der Waals surface area contributed by atoms with E-state index in [9.17, 15) is 9.59 Å². The highest BCUT2D eigenvalue weighted by Gasteiger charge is 2.22. The van der Waals surface area contributed by atoms with Crippen LogP contribution in [0.25, 0.3) is 10.9 Å². The molecule has 0 unspecified atom stereocenters. The lowest BCUT2D eigenvalue weighted by atomic mass is 10.2. The number of hydrogen-bond donors (Lipinski definition) is 1. The standard InChI is InChI=1S/C24H28N4O2S/c1-26(2)13-14-27-12-11-18-17-19(7-8-20(18)27)25-23(29)9-10-24(30)28-15-16-31-22-6-4-3-5-21(22)28/h3-8,11-12,17H,9-10,13-16H2,1-2H3,(H,25,29). The SMILES string of the molecule is CN(C)CCn1ccc2cc(NC(=O)CCC(=O)N3CCSc4ccccc43)ccc21. The Hall–Kier alpha value is -2.77. The molecule has 4 rings (SSSR count). The van der Waals surface area contributed by atoms with Gasteiger partial charge in [0.15, 0.2) is 0 Å². The van der Waals surface area contributed by atoms with E-state index in [-0.39, 0.29) is 24.7 Å². The van der Waals surface area contributed by atoms with Gasteiger partial charge in [-0.3, -0.25) is 9.59 Å². The fourth-order valence-corrected chi connectivity index (χ4v) is 4.78. The Labute approximate surface area is 187 Å². The predicted octanol–water partition coefficient (Wildman–Crippen LogP) is 4.06. The largest absolute Gasteiger partial charge is 0.346 e. The Morgan fingerprint density at radius 1 is 1.10 bits per heavy atom. The van der Waals surface area contributed by atoms with Crippen LogP contribution in [-0.2, 0) is 16.1 Å². The molecule has 0 saturated carbocycles. The van der Waals surface area contributed by atoms with Gasteiger partial charge in [-0.25, -0.2) is 0 Å². The maximum Gasteiger partial charge on any atom is 0.227 e. The van der Waals surface area contributed by atoms with Crippen molar-refractivity contribution in [2.45, 2.75) is 24.3 Å². The van der Waals surface area contributed by atoms with Gasteiger partial charge in [0.25, 0.3) is 0 Å². The predicted molar refractivity (Wildman–Crippen MR) is 128 cm³/mol. The highest BCUT2D eigenvalue weighted by molar-refractivity contribution is 7.99. The molecule has 2 amide bonds. The number of aromatic nitrogens is 1. The Balaban J connectivity index is 1.34. The Bertz CT molecular complexity index is 1090. The quantitative estimate of drug-likeness (QED) is 0.607. The van der Waals surface area contributed by atoms with Crippen LogP contribution in [0.15, 0.2) is 59.6 Å². The highest BCUT2D eigenvalue weighted by atomic mass is 32.2. The molecule has 0 aliphatic carbocycles. The zero-order valence-electron chi connectivity index (χ0n) is 18.0. The van der Waals surface area contributed by atoms with Crippen LogP contribution >= 0.6 is 11.8 Å². The number of para-hydroxylation sites is 1. The van der Waals surface area contributed by atoms with Crippen molar-refractivity contribution in [1.82, 2.24) is 9.47 Å². The normalized spacial score (nSPS) is 13.5. The van der Waals surface area contributed by atoms with Crippen molar-refractivity contribution in [2.75, 3.05) is 43.2 Å². The number of thioether (sulfide) groups is 1. The third kappa shape index (κ3) is 5.11. The van der Waals surface area contributed by atoms with E-state index in [1.807, 2.05) is 47.4 Å². The van der Waals surface area contributed by atoms with Crippen molar-refractivity contribution < 1.29 is 9.59 Å². The van der Waals surface area contributed by atoms with Gasteiger partial charge in [-0.15, -0.1) is 11.8 Å². The molecule has 1 aromatic heterocycles. The number of likely N-dealkylation sites (N-methyl/N-ethyl adjacent to an activating group) is 1. The Morgan fingerprint density at radius 2 is 1.94 bits per heavy atom. The van der Waals surface area contributed by atoms with E-state index in [0.717, 1.165) is 46.0 Å². The summed E-state index contributed by atoms with van der Waals surface area (Å²) in [6.07, 6.45) is 2.45. The summed E-state index contributed by atoms with van der Waals surface area (Å²) in [5.74, 6) is 0.735. The first kappa shape index (κ1) is 21.5. The zero-order valence-corrected chi connectivity index (χ0v) is 18.8. The van der Waals surface area contributed by atoms with Gasteiger partial charge in [0.2, 0.25) is 11.8 Å². The van der Waals surface area contributed by atoms with E-state index >= 15 is 0 Å². The first-order chi connectivity index (χ1) is 15.0. The molecule has 7 heteroatoms. The number of amides is 2. The third-order valence-electron chi connectivity index (χ3n) is 5.44. The van der Waals surface area contributed by atoms with Crippen LogP contribution in [0.5, 0.6) is 0 Å². The minimum Gasteiger partial charge on any atom is -0.346 e. The molecule has 1 aliphatic rings. The summed E-state index contributed by atoms with van der Waals surface area (Å²) >= 11 is 1.77. The van der Waals surface area contributed by atoms with E-state index in [1.54, 1.807) is 11.8 Å². The summed E-state index contributed by atoms with van der Waals surface area (Å²) in [7, 11) is 4.13. The lowest BCUT2D eigenvalue weighted by Gasteiger charge is -2.29. The summed E-state index contributed by atoms with van der Waals surface area (Å²) in [4.78, 5) is 30.3. The van der Waals surface area contributed by atoms with Gasteiger partial charge >= 0.3 is 0 Å². The minimum atomic E-state index is -0.139. The molecule has 0 radical (unpaired) electrons. The van der Waals surface area contributed by atoms with Gasteiger partial charge in [-0.05, 0) is 50.5 Å². The summed E-state index contributed by atoms with van der Waals surface area (Å²) in [6.45, 7) is 2.57. The molecule has 2 aromatic carbocycles. The molecule has 6 nitrogen and oxygen atoms in total. The van der Waals surface area contributed by atoms with E-state index in [1.165, 1.54) is 0 Å². The van der Waals surface area contributed by atoms with Crippen molar-refractivity contribution >= 4 is 45.9 Å². The van der Waals surface area contributed by atoms with Gasteiger partial charge < -0.3 is 19.7 Å². The van der Waals surface area contributed by atoms with E-state index < -0.39 is 0 Å². The molecule has 0 bridgehead atoms. The third-order valence-corrected chi connectivity index (χ3v) is 6.48. The summed E-state index contributed by atoms with van der Waals surface area (Å²) in [5.41, 5.74) is 2.86. The van der Waals surface area contributed by atoms with Crippen LogP contribution in [-0.4, -0.2) is 54.2 Å². The van der Waals surface area contributed by atoms with Gasteiger partial charge in [0.05, 0.1) is 5.69 Å². The van der Waals surface area contributed by atoms with E-state index in [0.29, 0.717) is 6.54 Å². The van der Waals surface area contributed by atoms with Gasteiger partial charge in [-0.1, -0.05) is 12.1 Å². The molecule has 2 heterocycles. The molecular formula is C24H28N4O2S. The molecule has 1 aliphatic heterocycles. The number of carbonyl (C=O) groups excluding carboxylic acids is 2. The van der Waals surface area contributed by atoms with Crippen LogP contribution in [0.1, 0.15) is 12.8 Å². The molecule has 0 saturated heterocycles. The van der Waals surface area contributed by atoms with Crippen LogP contribution in [0.4, 0.5) is 11.4 Å². The first-order valence-electron chi connectivity index (χ1n) is 10.6. The molecule has 31 heavy (non-hydrogen) atoms. The number of nitrogens with one attached hydrogen (secondary N) is 1. The number of carbonyl (C=O) groups is 2. The van der Waals surface area contributed by atoms with Gasteiger partial charge in [0.1, 0.15) is 0 Å². The van der Waals surface area contributed by atoms with Crippen molar-refractivity contribution in [3.05, 3.63) is 54.7 Å². The lowest BCUT2D eigenvalue weighted by molar-refractivity contribution is -0.122. The smallest absolute Gasteiger partial charge is 0.227 e. The maximum absolute atomic E-state index is 12.7. The van der Waals surface area contributed by atoms with Crippen LogP contribution < -0.4 is 10.2 Å². The lowest BCUT2D eigenvalue weighted by Crippen LogP contribution is -2.35. The average molecular weight is 437 g/mol. The highest BCUT2D eigenvalue weighted by Crippen LogP contribution is 2.34. The average Bonchev–Trinajstić information content (AvgIpc) is 3.18. The Morgan fingerprint density at radius 3 is 2.77 bits per heavy atom. The molecular weight excluding hydrogens is 408 g/mol. The first-order valence-corrected chi connectivity index (χ1v) is 11.6. The van der Waals surface area contributed by atoms with Crippen molar-refractivity contribution in [1.29, 1.82) is 0 Å². The van der Waals surface area contributed by atoms with Crippen LogP contribution in [0, 0.1) is 0 Å². The van der Waals surface area contributed by atoms with E-state index in [4.69, 9.17) is 0 Å². The number of benzene rings is 2.